The van der Waals surface area contributed by atoms with Gasteiger partial charge in [-0.05, 0) is 43.9 Å². The Kier molecular flexibility index (Phi) is 4.20. The molecule has 0 bridgehead atoms. The Morgan fingerprint density at radius 1 is 1.29 bits per heavy atom. The van der Waals surface area contributed by atoms with Crippen LogP contribution in [-0.2, 0) is 0 Å². The highest BCUT2D eigenvalue weighted by molar-refractivity contribution is 7.14. The third-order valence-electron chi connectivity index (χ3n) is 3.64. The second-order valence-electron chi connectivity index (χ2n) is 5.39. The topological polar surface area (TPSA) is 45.2 Å². The van der Waals surface area contributed by atoms with Crippen LogP contribution in [0.25, 0.3) is 0 Å². The fourth-order valence-electron chi connectivity index (χ4n) is 2.53. The zero-order chi connectivity index (χ0) is 14.7. The Balaban J connectivity index is 1.69. The summed E-state index contributed by atoms with van der Waals surface area (Å²) < 4.78 is 0. The monoisotopic (exact) mass is 301 g/mol. The molecule has 21 heavy (non-hydrogen) atoms. The van der Waals surface area contributed by atoms with Crippen molar-refractivity contribution >= 4 is 28.1 Å². The Hall–Kier alpha value is -1.88. The van der Waals surface area contributed by atoms with Crippen LogP contribution in [0.5, 0.6) is 0 Å². The first-order chi connectivity index (χ1) is 10.2. The van der Waals surface area contributed by atoms with E-state index in [0.717, 1.165) is 36.8 Å². The average Bonchev–Trinajstić information content (AvgIpc) is 2.96. The van der Waals surface area contributed by atoms with Crippen LogP contribution in [0.15, 0.2) is 29.6 Å². The first kappa shape index (κ1) is 14.1. The number of rotatable bonds is 3. The van der Waals surface area contributed by atoms with Gasteiger partial charge in [0.25, 0.3) is 5.91 Å². The highest BCUT2D eigenvalue weighted by Crippen LogP contribution is 2.23. The van der Waals surface area contributed by atoms with Crippen molar-refractivity contribution in [3.05, 3.63) is 40.9 Å². The van der Waals surface area contributed by atoms with E-state index in [1.54, 1.807) is 0 Å². The van der Waals surface area contributed by atoms with Gasteiger partial charge in [0.1, 0.15) is 5.69 Å². The summed E-state index contributed by atoms with van der Waals surface area (Å²) in [5, 5.41) is 5.87. The largest absolute Gasteiger partial charge is 0.337 e. The minimum Gasteiger partial charge on any atom is -0.337 e. The molecule has 0 spiro atoms. The minimum atomic E-state index is 0.0586. The summed E-state index contributed by atoms with van der Waals surface area (Å²) >= 11 is 1.47. The van der Waals surface area contributed by atoms with Gasteiger partial charge in [0.2, 0.25) is 0 Å². The number of hydrogen-bond donors (Lipinski definition) is 1. The summed E-state index contributed by atoms with van der Waals surface area (Å²) in [5.41, 5.74) is 2.75. The Morgan fingerprint density at radius 3 is 2.86 bits per heavy atom. The third kappa shape index (κ3) is 3.42. The SMILES string of the molecule is Cc1cccc(Nc2nc(C(=O)N3CCCCC3)cs2)c1. The number of nitrogens with zero attached hydrogens (tertiary/aromatic N) is 2. The number of aromatic nitrogens is 1. The second-order valence-corrected chi connectivity index (χ2v) is 6.24. The number of piperidine rings is 1. The molecule has 0 unspecified atom stereocenters. The molecule has 1 fully saturated rings. The lowest BCUT2D eigenvalue weighted by atomic mass is 10.1. The lowest BCUT2D eigenvalue weighted by Gasteiger charge is -2.25. The van der Waals surface area contributed by atoms with Crippen molar-refractivity contribution in [3.8, 4) is 0 Å². The molecular weight excluding hydrogens is 282 g/mol. The van der Waals surface area contributed by atoms with Crippen LogP contribution < -0.4 is 5.32 Å². The molecule has 1 amide bonds. The summed E-state index contributed by atoms with van der Waals surface area (Å²) in [4.78, 5) is 18.7. The molecule has 3 rings (SSSR count). The molecule has 110 valence electrons. The number of aryl methyl sites for hydroxylation is 1. The maximum atomic E-state index is 12.4. The van der Waals surface area contributed by atoms with Crippen LogP contribution in [0.3, 0.4) is 0 Å². The average molecular weight is 301 g/mol. The molecular formula is C16H19N3OS. The van der Waals surface area contributed by atoms with E-state index in [9.17, 15) is 4.79 Å². The van der Waals surface area contributed by atoms with Crippen LogP contribution in [0, 0.1) is 6.92 Å². The van der Waals surface area contributed by atoms with Gasteiger partial charge in [-0.2, -0.15) is 0 Å². The number of thiazole rings is 1. The standard InChI is InChI=1S/C16H19N3OS/c1-12-6-5-7-13(10-12)17-16-18-14(11-21-16)15(20)19-8-3-2-4-9-19/h5-7,10-11H,2-4,8-9H2,1H3,(H,17,18). The van der Waals surface area contributed by atoms with Gasteiger partial charge in [-0.1, -0.05) is 12.1 Å². The molecule has 2 heterocycles. The van der Waals surface area contributed by atoms with Crippen LogP contribution >= 0.6 is 11.3 Å². The van der Waals surface area contributed by atoms with Gasteiger partial charge in [0, 0.05) is 24.2 Å². The van der Waals surface area contributed by atoms with Gasteiger partial charge >= 0.3 is 0 Å². The molecule has 1 aliphatic rings. The Bertz CT molecular complexity index is 632. The van der Waals surface area contributed by atoms with Gasteiger partial charge in [0.15, 0.2) is 5.13 Å². The molecule has 0 radical (unpaired) electrons. The molecule has 1 aromatic carbocycles. The van der Waals surface area contributed by atoms with E-state index in [1.807, 2.05) is 22.4 Å². The Morgan fingerprint density at radius 2 is 2.10 bits per heavy atom. The summed E-state index contributed by atoms with van der Waals surface area (Å²) in [5.74, 6) is 0.0586. The van der Waals surface area contributed by atoms with Crippen molar-refractivity contribution < 1.29 is 4.79 Å². The lowest BCUT2D eigenvalue weighted by Crippen LogP contribution is -2.35. The molecule has 0 aliphatic carbocycles. The summed E-state index contributed by atoms with van der Waals surface area (Å²) in [6, 6.07) is 8.12. The van der Waals surface area contributed by atoms with Crippen LogP contribution in [-0.4, -0.2) is 28.9 Å². The highest BCUT2D eigenvalue weighted by atomic mass is 32.1. The van der Waals surface area contributed by atoms with Gasteiger partial charge in [-0.3, -0.25) is 4.79 Å². The Labute approximate surface area is 128 Å². The molecule has 0 atom stereocenters. The lowest BCUT2D eigenvalue weighted by molar-refractivity contribution is 0.0719. The molecule has 1 N–H and O–H groups in total. The predicted molar refractivity (Wildman–Crippen MR) is 86.3 cm³/mol. The molecule has 1 aromatic heterocycles. The van der Waals surface area contributed by atoms with E-state index >= 15 is 0 Å². The van der Waals surface area contributed by atoms with E-state index in [4.69, 9.17) is 0 Å². The van der Waals surface area contributed by atoms with Crippen LogP contribution in [0.2, 0.25) is 0 Å². The number of carbonyl (C=O) groups is 1. The number of anilines is 2. The smallest absolute Gasteiger partial charge is 0.273 e. The number of carbonyl (C=O) groups excluding carboxylic acids is 1. The van der Waals surface area contributed by atoms with Crippen molar-refractivity contribution in [2.24, 2.45) is 0 Å². The van der Waals surface area contributed by atoms with E-state index in [1.165, 1.54) is 23.3 Å². The highest BCUT2D eigenvalue weighted by Gasteiger charge is 2.20. The van der Waals surface area contributed by atoms with E-state index in [2.05, 4.69) is 29.4 Å². The number of amides is 1. The second kappa shape index (κ2) is 6.26. The van der Waals surface area contributed by atoms with Crippen LogP contribution in [0.4, 0.5) is 10.8 Å². The van der Waals surface area contributed by atoms with E-state index in [0.29, 0.717) is 5.69 Å². The first-order valence-corrected chi connectivity index (χ1v) is 8.19. The zero-order valence-electron chi connectivity index (χ0n) is 12.1. The van der Waals surface area contributed by atoms with Crippen molar-refractivity contribution in [1.82, 2.24) is 9.88 Å². The van der Waals surface area contributed by atoms with E-state index < -0.39 is 0 Å². The molecule has 2 aromatic rings. The number of hydrogen-bond acceptors (Lipinski definition) is 4. The molecule has 5 heteroatoms. The normalized spacial score (nSPS) is 15.0. The quantitative estimate of drug-likeness (QED) is 0.937. The number of likely N-dealkylation sites (tertiary alicyclic amines) is 1. The van der Waals surface area contributed by atoms with Crippen molar-refractivity contribution in [3.63, 3.8) is 0 Å². The van der Waals surface area contributed by atoms with Crippen molar-refractivity contribution in [1.29, 1.82) is 0 Å². The molecule has 1 aliphatic heterocycles. The van der Waals surface area contributed by atoms with Gasteiger partial charge in [-0.15, -0.1) is 11.3 Å². The van der Waals surface area contributed by atoms with Gasteiger partial charge in [0.05, 0.1) is 0 Å². The van der Waals surface area contributed by atoms with E-state index in [-0.39, 0.29) is 5.91 Å². The van der Waals surface area contributed by atoms with Crippen molar-refractivity contribution in [2.75, 3.05) is 18.4 Å². The molecule has 4 nitrogen and oxygen atoms in total. The maximum Gasteiger partial charge on any atom is 0.273 e. The van der Waals surface area contributed by atoms with Crippen LogP contribution in [0.1, 0.15) is 35.3 Å². The zero-order valence-corrected chi connectivity index (χ0v) is 12.9. The fourth-order valence-corrected chi connectivity index (χ4v) is 3.24. The summed E-state index contributed by atoms with van der Waals surface area (Å²) in [6.07, 6.45) is 3.43. The predicted octanol–water partition coefficient (Wildman–Crippen LogP) is 3.82. The van der Waals surface area contributed by atoms with Gasteiger partial charge < -0.3 is 10.2 Å². The number of nitrogens with one attached hydrogen (secondary N) is 1. The first-order valence-electron chi connectivity index (χ1n) is 7.31. The molecule has 0 saturated carbocycles. The summed E-state index contributed by atoms with van der Waals surface area (Å²) in [7, 11) is 0. The third-order valence-corrected chi connectivity index (χ3v) is 4.39. The van der Waals surface area contributed by atoms with Gasteiger partial charge in [-0.25, -0.2) is 4.98 Å². The van der Waals surface area contributed by atoms with Crippen molar-refractivity contribution in [2.45, 2.75) is 26.2 Å². The number of benzene rings is 1. The maximum absolute atomic E-state index is 12.4. The molecule has 1 saturated heterocycles. The minimum absolute atomic E-state index is 0.0586. The summed E-state index contributed by atoms with van der Waals surface area (Å²) in [6.45, 7) is 3.77. The fraction of sp³-hybridized carbons (Fsp3) is 0.375.